The largest absolute Gasteiger partial charge is 0.319 e. The molecule has 2 rings (SSSR count). The highest BCUT2D eigenvalue weighted by atomic mass is 32.2. The Bertz CT molecular complexity index is 680. The maximum absolute atomic E-state index is 11.7. The third kappa shape index (κ3) is 3.16. The summed E-state index contributed by atoms with van der Waals surface area (Å²) < 4.78 is 25.8. The first kappa shape index (κ1) is 14.1. The fraction of sp³-hybridized carbons (Fsp3) is 0.200. The number of aromatic nitrogens is 4. The molecule has 0 fully saturated rings. The van der Waals surface area contributed by atoms with Crippen molar-refractivity contribution in [3.8, 4) is 0 Å². The van der Waals surface area contributed by atoms with Crippen molar-refractivity contribution in [2.45, 2.75) is 11.8 Å². The molecule has 0 bridgehead atoms. The zero-order chi connectivity index (χ0) is 14.6. The molecule has 1 aromatic heterocycles. The molecule has 0 unspecified atom stereocenters. The molecule has 0 aliphatic carbocycles. The van der Waals surface area contributed by atoms with E-state index in [2.05, 4.69) is 30.7 Å². The molecule has 1 aromatic carbocycles. The summed E-state index contributed by atoms with van der Waals surface area (Å²) in [5.41, 5.74) is 0.426. The molecule has 0 spiro atoms. The molecule has 0 saturated heterocycles. The second kappa shape index (κ2) is 5.75. The fourth-order valence-electron chi connectivity index (χ4n) is 1.44. The number of sulfonamides is 1. The van der Waals surface area contributed by atoms with Crippen LogP contribution in [0, 0.1) is 0 Å². The van der Waals surface area contributed by atoms with E-state index < -0.39 is 15.9 Å². The van der Waals surface area contributed by atoms with Crippen molar-refractivity contribution < 1.29 is 13.2 Å². The van der Waals surface area contributed by atoms with Gasteiger partial charge in [-0.3, -0.25) is 4.79 Å². The Balaban J connectivity index is 2.11. The van der Waals surface area contributed by atoms with Gasteiger partial charge in [-0.05, 0) is 29.5 Å². The van der Waals surface area contributed by atoms with Gasteiger partial charge in [-0.2, -0.15) is 5.21 Å². The number of carbonyl (C=O) groups is 1. The molecule has 0 saturated carbocycles. The number of anilines is 1. The van der Waals surface area contributed by atoms with Crippen LogP contribution in [0.5, 0.6) is 0 Å². The van der Waals surface area contributed by atoms with Crippen LogP contribution in [0.3, 0.4) is 0 Å². The number of benzene rings is 1. The summed E-state index contributed by atoms with van der Waals surface area (Å²) in [5.74, 6) is -0.643. The molecule has 0 radical (unpaired) electrons. The molecule has 2 aromatic rings. The van der Waals surface area contributed by atoms with E-state index in [1.54, 1.807) is 6.92 Å². The summed E-state index contributed by atoms with van der Waals surface area (Å²) in [6.45, 7) is 2.00. The predicted octanol–water partition coefficient (Wildman–Crippen LogP) is -0.250. The summed E-state index contributed by atoms with van der Waals surface area (Å²) in [5, 5.41) is 15.0. The van der Waals surface area contributed by atoms with Gasteiger partial charge in [-0.15, -0.1) is 10.2 Å². The topological polar surface area (TPSA) is 130 Å². The monoisotopic (exact) mass is 296 g/mol. The molecule has 9 nitrogen and oxygen atoms in total. The van der Waals surface area contributed by atoms with E-state index in [4.69, 9.17) is 0 Å². The zero-order valence-electron chi connectivity index (χ0n) is 10.5. The van der Waals surface area contributed by atoms with Gasteiger partial charge in [-0.25, -0.2) is 13.1 Å². The number of amides is 1. The first-order chi connectivity index (χ1) is 9.53. The second-order valence-corrected chi connectivity index (χ2v) is 5.48. The molecule has 3 N–H and O–H groups in total. The van der Waals surface area contributed by atoms with Crippen molar-refractivity contribution in [2.75, 3.05) is 11.9 Å². The van der Waals surface area contributed by atoms with Gasteiger partial charge in [-0.1, -0.05) is 6.92 Å². The molecule has 1 heterocycles. The van der Waals surface area contributed by atoms with Crippen LogP contribution in [0.4, 0.5) is 5.69 Å². The predicted molar refractivity (Wildman–Crippen MR) is 69.4 cm³/mol. The number of carbonyl (C=O) groups excluding carboxylic acids is 1. The van der Waals surface area contributed by atoms with Crippen LogP contribution < -0.4 is 10.0 Å². The minimum Gasteiger partial charge on any atom is -0.319 e. The Morgan fingerprint density at radius 3 is 2.55 bits per heavy atom. The zero-order valence-corrected chi connectivity index (χ0v) is 11.3. The minimum atomic E-state index is -3.50. The van der Waals surface area contributed by atoms with E-state index in [1.807, 2.05) is 0 Å². The summed E-state index contributed by atoms with van der Waals surface area (Å²) in [4.78, 5) is 11.8. The molecular weight excluding hydrogens is 284 g/mol. The smallest absolute Gasteiger partial charge is 0.297 e. The molecule has 0 aliphatic heterocycles. The van der Waals surface area contributed by atoms with E-state index in [9.17, 15) is 13.2 Å². The maximum Gasteiger partial charge on any atom is 0.297 e. The van der Waals surface area contributed by atoms with E-state index in [0.717, 1.165) is 0 Å². The lowest BCUT2D eigenvalue weighted by molar-refractivity contribution is 0.101. The van der Waals surface area contributed by atoms with Crippen molar-refractivity contribution in [3.63, 3.8) is 0 Å². The van der Waals surface area contributed by atoms with Crippen molar-refractivity contribution in [1.29, 1.82) is 0 Å². The minimum absolute atomic E-state index is 0.102. The molecular formula is C10H12N6O3S. The first-order valence-corrected chi connectivity index (χ1v) is 7.16. The Morgan fingerprint density at radius 1 is 1.30 bits per heavy atom. The lowest BCUT2D eigenvalue weighted by Crippen LogP contribution is -2.23. The number of nitrogens with one attached hydrogen (secondary N) is 3. The van der Waals surface area contributed by atoms with E-state index in [-0.39, 0.29) is 10.7 Å². The van der Waals surface area contributed by atoms with Gasteiger partial charge < -0.3 is 5.32 Å². The summed E-state index contributed by atoms with van der Waals surface area (Å²) in [6.07, 6.45) is 0. The van der Waals surface area contributed by atoms with Gasteiger partial charge >= 0.3 is 0 Å². The van der Waals surface area contributed by atoms with Crippen molar-refractivity contribution in [1.82, 2.24) is 25.3 Å². The van der Waals surface area contributed by atoms with Gasteiger partial charge in [0, 0.05) is 12.2 Å². The summed E-state index contributed by atoms with van der Waals surface area (Å²) in [7, 11) is -3.50. The fourth-order valence-corrected chi connectivity index (χ4v) is 2.48. The molecule has 1 amide bonds. The third-order valence-electron chi connectivity index (χ3n) is 2.31. The second-order valence-electron chi connectivity index (χ2n) is 3.72. The Morgan fingerprint density at radius 2 is 2.00 bits per heavy atom. The summed E-state index contributed by atoms with van der Waals surface area (Å²) >= 11 is 0. The highest BCUT2D eigenvalue weighted by Gasteiger charge is 2.14. The van der Waals surface area contributed by atoms with Crippen LogP contribution in [0.25, 0.3) is 0 Å². The number of tetrazole rings is 1. The summed E-state index contributed by atoms with van der Waals surface area (Å²) in [6, 6.07) is 5.73. The van der Waals surface area contributed by atoms with Crippen molar-refractivity contribution >= 4 is 21.6 Å². The number of nitrogens with zero attached hydrogens (tertiary/aromatic N) is 3. The molecule has 20 heavy (non-hydrogen) atoms. The normalized spacial score (nSPS) is 11.2. The third-order valence-corrected chi connectivity index (χ3v) is 3.87. The Labute approximate surface area is 114 Å². The van der Waals surface area contributed by atoms with Crippen LogP contribution in [-0.4, -0.2) is 41.5 Å². The number of H-pyrrole nitrogens is 1. The SMILES string of the molecule is CCNS(=O)(=O)c1ccc(NC(=O)c2nn[nH]n2)cc1. The quantitative estimate of drug-likeness (QED) is 0.697. The van der Waals surface area contributed by atoms with Crippen LogP contribution in [0.2, 0.25) is 0 Å². The number of rotatable bonds is 5. The average Bonchev–Trinajstić information content (AvgIpc) is 2.93. The van der Waals surface area contributed by atoms with Crippen LogP contribution in [0.15, 0.2) is 29.2 Å². The Kier molecular flexibility index (Phi) is 4.05. The molecule has 0 atom stereocenters. The van der Waals surface area contributed by atoms with Crippen molar-refractivity contribution in [2.24, 2.45) is 0 Å². The highest BCUT2D eigenvalue weighted by Crippen LogP contribution is 2.14. The van der Waals surface area contributed by atoms with Gasteiger partial charge in [0.15, 0.2) is 0 Å². The van der Waals surface area contributed by atoms with Gasteiger partial charge in [0.1, 0.15) is 0 Å². The first-order valence-electron chi connectivity index (χ1n) is 5.67. The van der Waals surface area contributed by atoms with Crippen LogP contribution in [0.1, 0.15) is 17.5 Å². The highest BCUT2D eigenvalue weighted by molar-refractivity contribution is 7.89. The van der Waals surface area contributed by atoms with Crippen molar-refractivity contribution in [3.05, 3.63) is 30.1 Å². The Hall–Kier alpha value is -2.33. The number of aromatic amines is 1. The average molecular weight is 296 g/mol. The van der Waals surface area contributed by atoms with Crippen LogP contribution >= 0.6 is 0 Å². The van der Waals surface area contributed by atoms with Gasteiger partial charge in [0.05, 0.1) is 4.90 Å². The molecule has 0 aliphatic rings. The number of hydrogen-bond donors (Lipinski definition) is 3. The number of hydrogen-bond acceptors (Lipinski definition) is 6. The van der Waals surface area contributed by atoms with Gasteiger partial charge in [0.25, 0.3) is 11.7 Å². The van der Waals surface area contributed by atoms with Crippen LogP contribution in [-0.2, 0) is 10.0 Å². The molecule has 106 valence electrons. The van der Waals surface area contributed by atoms with E-state index >= 15 is 0 Å². The van der Waals surface area contributed by atoms with Gasteiger partial charge in [0.2, 0.25) is 10.0 Å². The maximum atomic E-state index is 11.7. The standard InChI is InChI=1S/C10H12N6O3S/c1-2-11-20(18,19)8-5-3-7(4-6-8)12-10(17)9-13-15-16-14-9/h3-6,11H,2H2,1H3,(H,12,17)(H,13,14,15,16). The van der Waals surface area contributed by atoms with E-state index in [0.29, 0.717) is 12.2 Å². The lowest BCUT2D eigenvalue weighted by atomic mass is 10.3. The molecule has 10 heteroatoms. The lowest BCUT2D eigenvalue weighted by Gasteiger charge is -2.06. The van der Waals surface area contributed by atoms with E-state index in [1.165, 1.54) is 24.3 Å².